The Morgan fingerprint density at radius 3 is 2.11 bits per heavy atom. The third kappa shape index (κ3) is 5.62. The van der Waals surface area contributed by atoms with Crippen molar-refractivity contribution in [2.45, 2.75) is 13.8 Å². The van der Waals surface area contributed by atoms with E-state index in [9.17, 15) is 0 Å². The molecule has 0 spiro atoms. The molecule has 0 unspecified atom stereocenters. The number of nitrogens with zero attached hydrogens (tertiary/aromatic N) is 3. The Balaban J connectivity index is 2.54. The Labute approximate surface area is 113 Å². The standard InChI is InChI=1S/C12H20ClN3O2/c1-3-17-9-7-16(8-10-18-4-2)12-6-5-11(13)14-15-12/h5-6H,3-4,7-10H2,1-2H3. The highest BCUT2D eigenvalue weighted by molar-refractivity contribution is 6.29. The molecule has 0 saturated carbocycles. The number of anilines is 1. The molecule has 1 rings (SSSR count). The molecular weight excluding hydrogens is 254 g/mol. The normalized spacial score (nSPS) is 10.6. The van der Waals surface area contributed by atoms with E-state index in [-0.39, 0.29) is 0 Å². The number of halogens is 1. The first-order valence-electron chi connectivity index (χ1n) is 6.17. The van der Waals surface area contributed by atoms with E-state index >= 15 is 0 Å². The molecule has 0 fully saturated rings. The summed E-state index contributed by atoms with van der Waals surface area (Å²) in [5, 5.41) is 8.31. The second kappa shape index (κ2) is 9.08. The molecule has 0 N–H and O–H groups in total. The van der Waals surface area contributed by atoms with Gasteiger partial charge in [-0.3, -0.25) is 0 Å². The molecule has 0 bridgehead atoms. The lowest BCUT2D eigenvalue weighted by atomic mass is 10.4. The second-order valence-electron chi connectivity index (χ2n) is 3.60. The molecule has 0 saturated heterocycles. The van der Waals surface area contributed by atoms with E-state index in [0.717, 1.165) is 18.9 Å². The number of aromatic nitrogens is 2. The van der Waals surface area contributed by atoms with Crippen LogP contribution in [-0.2, 0) is 9.47 Å². The molecule has 102 valence electrons. The maximum Gasteiger partial charge on any atom is 0.151 e. The number of hydrogen-bond acceptors (Lipinski definition) is 5. The molecule has 1 heterocycles. The Morgan fingerprint density at radius 2 is 1.67 bits per heavy atom. The lowest BCUT2D eigenvalue weighted by Gasteiger charge is -2.22. The van der Waals surface area contributed by atoms with Crippen LogP contribution < -0.4 is 4.90 Å². The van der Waals surface area contributed by atoms with Crippen LogP contribution in [0.4, 0.5) is 5.82 Å². The Bertz CT molecular complexity index is 312. The van der Waals surface area contributed by atoms with Crippen LogP contribution >= 0.6 is 11.6 Å². The fourth-order valence-corrected chi connectivity index (χ4v) is 1.56. The zero-order valence-electron chi connectivity index (χ0n) is 10.9. The Morgan fingerprint density at radius 1 is 1.06 bits per heavy atom. The molecule has 6 heteroatoms. The highest BCUT2D eigenvalue weighted by Gasteiger charge is 2.08. The van der Waals surface area contributed by atoms with Gasteiger partial charge in [-0.2, -0.15) is 0 Å². The summed E-state index contributed by atoms with van der Waals surface area (Å²) in [6, 6.07) is 3.59. The average Bonchev–Trinajstić information content (AvgIpc) is 2.38. The largest absolute Gasteiger partial charge is 0.380 e. The molecule has 1 aromatic rings. The smallest absolute Gasteiger partial charge is 0.151 e. The molecule has 18 heavy (non-hydrogen) atoms. The lowest BCUT2D eigenvalue weighted by Crippen LogP contribution is -2.32. The van der Waals surface area contributed by atoms with Crippen molar-refractivity contribution >= 4 is 17.4 Å². The molecule has 0 aliphatic rings. The van der Waals surface area contributed by atoms with Crippen molar-refractivity contribution in [2.75, 3.05) is 44.4 Å². The predicted octanol–water partition coefficient (Wildman–Crippen LogP) is 2.01. The minimum absolute atomic E-state index is 0.397. The molecular formula is C12H20ClN3O2. The monoisotopic (exact) mass is 273 g/mol. The molecule has 0 amide bonds. The topological polar surface area (TPSA) is 47.5 Å². The van der Waals surface area contributed by atoms with Crippen molar-refractivity contribution in [2.24, 2.45) is 0 Å². The van der Waals surface area contributed by atoms with Gasteiger partial charge in [0.05, 0.1) is 13.2 Å². The number of ether oxygens (including phenoxy) is 2. The number of hydrogen-bond donors (Lipinski definition) is 0. The van der Waals surface area contributed by atoms with Crippen molar-refractivity contribution in [3.8, 4) is 0 Å². The summed E-state index contributed by atoms with van der Waals surface area (Å²) < 4.78 is 10.7. The van der Waals surface area contributed by atoms with Gasteiger partial charge in [0.15, 0.2) is 11.0 Å². The van der Waals surface area contributed by atoms with E-state index in [1.807, 2.05) is 19.9 Å². The molecule has 0 aliphatic heterocycles. The van der Waals surface area contributed by atoms with Crippen LogP contribution in [0, 0.1) is 0 Å². The van der Waals surface area contributed by atoms with Crippen molar-refractivity contribution in [3.63, 3.8) is 0 Å². The predicted molar refractivity (Wildman–Crippen MR) is 72.2 cm³/mol. The lowest BCUT2D eigenvalue weighted by molar-refractivity contribution is 0.141. The van der Waals surface area contributed by atoms with Gasteiger partial charge in [0.2, 0.25) is 0 Å². The van der Waals surface area contributed by atoms with Crippen LogP contribution in [0.2, 0.25) is 5.15 Å². The zero-order valence-corrected chi connectivity index (χ0v) is 11.7. The molecule has 5 nitrogen and oxygen atoms in total. The fraction of sp³-hybridized carbons (Fsp3) is 0.667. The van der Waals surface area contributed by atoms with Crippen molar-refractivity contribution in [1.82, 2.24) is 10.2 Å². The van der Waals surface area contributed by atoms with Crippen LogP contribution in [0.1, 0.15) is 13.8 Å². The summed E-state index contributed by atoms with van der Waals surface area (Å²) in [7, 11) is 0. The molecule has 0 atom stereocenters. The second-order valence-corrected chi connectivity index (χ2v) is 3.98. The van der Waals surface area contributed by atoms with Crippen molar-refractivity contribution < 1.29 is 9.47 Å². The third-order valence-electron chi connectivity index (χ3n) is 2.36. The van der Waals surface area contributed by atoms with Gasteiger partial charge in [-0.1, -0.05) is 11.6 Å². The van der Waals surface area contributed by atoms with Gasteiger partial charge in [-0.25, -0.2) is 0 Å². The minimum Gasteiger partial charge on any atom is -0.380 e. The van der Waals surface area contributed by atoms with Gasteiger partial charge in [0.25, 0.3) is 0 Å². The highest BCUT2D eigenvalue weighted by atomic mass is 35.5. The first kappa shape index (κ1) is 15.1. The summed E-state index contributed by atoms with van der Waals surface area (Å²) in [6.45, 7) is 8.23. The first-order chi connectivity index (χ1) is 8.77. The Kier molecular flexibility index (Phi) is 7.64. The van der Waals surface area contributed by atoms with E-state index in [4.69, 9.17) is 21.1 Å². The van der Waals surface area contributed by atoms with Crippen LogP contribution in [0.15, 0.2) is 12.1 Å². The third-order valence-corrected chi connectivity index (χ3v) is 2.56. The maximum absolute atomic E-state index is 5.73. The van der Waals surface area contributed by atoms with Crippen molar-refractivity contribution in [1.29, 1.82) is 0 Å². The van der Waals surface area contributed by atoms with E-state index in [1.54, 1.807) is 6.07 Å². The van der Waals surface area contributed by atoms with Crippen molar-refractivity contribution in [3.05, 3.63) is 17.3 Å². The molecule has 0 aliphatic carbocycles. The molecule has 1 aromatic heterocycles. The van der Waals surface area contributed by atoms with Crippen LogP contribution in [0.3, 0.4) is 0 Å². The van der Waals surface area contributed by atoms with Crippen LogP contribution in [-0.4, -0.2) is 49.7 Å². The maximum atomic E-state index is 5.73. The summed E-state index contributed by atoms with van der Waals surface area (Å²) in [4.78, 5) is 2.08. The van der Waals surface area contributed by atoms with E-state index in [1.165, 1.54) is 0 Å². The van der Waals surface area contributed by atoms with Gasteiger partial charge in [0.1, 0.15) is 0 Å². The summed E-state index contributed by atoms with van der Waals surface area (Å²) >= 11 is 5.73. The quantitative estimate of drug-likeness (QED) is 0.644. The first-order valence-corrected chi connectivity index (χ1v) is 6.55. The van der Waals surface area contributed by atoms with E-state index in [0.29, 0.717) is 31.6 Å². The van der Waals surface area contributed by atoms with Gasteiger partial charge < -0.3 is 14.4 Å². The van der Waals surface area contributed by atoms with Gasteiger partial charge in [-0.15, -0.1) is 10.2 Å². The zero-order chi connectivity index (χ0) is 13.2. The van der Waals surface area contributed by atoms with E-state index in [2.05, 4.69) is 15.1 Å². The van der Waals surface area contributed by atoms with Crippen LogP contribution in [0.25, 0.3) is 0 Å². The minimum atomic E-state index is 0.397. The summed E-state index contributed by atoms with van der Waals surface area (Å²) in [5.41, 5.74) is 0. The molecule has 0 aromatic carbocycles. The highest BCUT2D eigenvalue weighted by Crippen LogP contribution is 2.11. The Hall–Kier alpha value is -0.910. The van der Waals surface area contributed by atoms with Gasteiger partial charge in [0, 0.05) is 26.3 Å². The van der Waals surface area contributed by atoms with E-state index < -0.39 is 0 Å². The summed E-state index contributed by atoms with van der Waals surface area (Å²) in [5.74, 6) is 0.791. The molecule has 0 radical (unpaired) electrons. The number of rotatable bonds is 9. The SMILES string of the molecule is CCOCCN(CCOCC)c1ccc(Cl)nn1. The van der Waals surface area contributed by atoms with Gasteiger partial charge >= 0.3 is 0 Å². The summed E-state index contributed by atoms with van der Waals surface area (Å²) in [6.07, 6.45) is 0. The average molecular weight is 274 g/mol. The fourth-order valence-electron chi connectivity index (χ4n) is 1.46. The van der Waals surface area contributed by atoms with Gasteiger partial charge in [-0.05, 0) is 26.0 Å². The van der Waals surface area contributed by atoms with Crippen LogP contribution in [0.5, 0.6) is 0 Å².